The van der Waals surface area contributed by atoms with E-state index >= 15 is 0 Å². The van der Waals surface area contributed by atoms with Gasteiger partial charge in [0.25, 0.3) is 5.56 Å². The van der Waals surface area contributed by atoms with Crippen LogP contribution in [0.1, 0.15) is 29.6 Å². The number of nitrogens with zero attached hydrogens (tertiary/aromatic N) is 2. The quantitative estimate of drug-likeness (QED) is 0.713. The lowest BCUT2D eigenvalue weighted by atomic mass is 10.0. The predicted molar refractivity (Wildman–Crippen MR) is 99.1 cm³/mol. The van der Waals surface area contributed by atoms with Crippen LogP contribution < -0.4 is 5.56 Å². The van der Waals surface area contributed by atoms with Gasteiger partial charge in [-0.3, -0.25) is 9.78 Å². The van der Waals surface area contributed by atoms with Gasteiger partial charge in [0.15, 0.2) is 0 Å². The number of hydrogen-bond acceptors (Lipinski definition) is 5. The van der Waals surface area contributed by atoms with Crippen molar-refractivity contribution in [1.82, 2.24) is 15.0 Å². The van der Waals surface area contributed by atoms with Gasteiger partial charge in [0, 0.05) is 30.5 Å². The highest BCUT2D eigenvalue weighted by molar-refractivity contribution is 5.65. The lowest BCUT2D eigenvalue weighted by Gasteiger charge is -2.08. The highest BCUT2D eigenvalue weighted by atomic mass is 16.5. The van der Waals surface area contributed by atoms with Gasteiger partial charge in [0.1, 0.15) is 12.4 Å². The molecule has 0 atom stereocenters. The third-order valence-corrected chi connectivity index (χ3v) is 4.14. The molecule has 0 aliphatic heterocycles. The molecule has 1 aromatic carbocycles. The summed E-state index contributed by atoms with van der Waals surface area (Å²) in [7, 11) is 0. The van der Waals surface area contributed by atoms with Gasteiger partial charge in [-0.25, -0.2) is 0 Å². The van der Waals surface area contributed by atoms with E-state index in [0.29, 0.717) is 18.9 Å². The summed E-state index contributed by atoms with van der Waals surface area (Å²) in [5.41, 5.74) is 3.90. The molecule has 2 N–H and O–H groups in total. The Balaban J connectivity index is 1.81. The molecule has 26 heavy (non-hydrogen) atoms. The zero-order valence-corrected chi connectivity index (χ0v) is 14.8. The Morgan fingerprint density at radius 1 is 1.19 bits per heavy atom. The number of H-pyrrole nitrogens is 1. The van der Waals surface area contributed by atoms with E-state index in [1.165, 1.54) is 0 Å². The van der Waals surface area contributed by atoms with Crippen LogP contribution in [-0.4, -0.2) is 26.7 Å². The number of nitrogens with one attached hydrogen (secondary N) is 1. The van der Waals surface area contributed by atoms with E-state index in [0.717, 1.165) is 22.4 Å². The van der Waals surface area contributed by atoms with Crippen molar-refractivity contribution in [3.8, 4) is 17.0 Å². The minimum atomic E-state index is -0.348. The smallest absolute Gasteiger partial charge is 0.258 e. The molecule has 0 aliphatic rings. The molecule has 2 aromatic heterocycles. The van der Waals surface area contributed by atoms with Gasteiger partial charge in [0.2, 0.25) is 5.88 Å². The summed E-state index contributed by atoms with van der Waals surface area (Å²) >= 11 is 0. The van der Waals surface area contributed by atoms with E-state index in [9.17, 15) is 9.90 Å². The predicted octanol–water partition coefficient (Wildman–Crippen LogP) is 2.97. The van der Waals surface area contributed by atoms with Crippen LogP contribution >= 0.6 is 0 Å². The number of hydrogen-bond donors (Lipinski definition) is 2. The highest BCUT2D eigenvalue weighted by Crippen LogP contribution is 2.23. The van der Waals surface area contributed by atoms with Gasteiger partial charge >= 0.3 is 0 Å². The van der Waals surface area contributed by atoms with Crippen LogP contribution in [0.25, 0.3) is 11.1 Å². The number of ether oxygens (including phenoxy) is 1. The van der Waals surface area contributed by atoms with E-state index in [1.807, 2.05) is 50.2 Å². The van der Waals surface area contributed by atoms with E-state index in [4.69, 9.17) is 4.74 Å². The topological polar surface area (TPSA) is 88.1 Å². The normalized spacial score (nSPS) is 10.8. The average molecular weight is 351 g/mol. The van der Waals surface area contributed by atoms with Crippen molar-refractivity contribution in [2.45, 2.75) is 26.9 Å². The van der Waals surface area contributed by atoms with Gasteiger partial charge in [-0.05, 0) is 31.0 Å². The molecule has 6 nitrogen and oxygen atoms in total. The van der Waals surface area contributed by atoms with Crippen molar-refractivity contribution in [3.05, 3.63) is 75.6 Å². The van der Waals surface area contributed by atoms with Crippen molar-refractivity contribution >= 4 is 0 Å². The van der Waals surface area contributed by atoms with Crippen molar-refractivity contribution in [2.24, 2.45) is 0 Å². The number of rotatable bonds is 6. The second-order valence-corrected chi connectivity index (χ2v) is 5.96. The van der Waals surface area contributed by atoms with Crippen LogP contribution in [0.3, 0.4) is 0 Å². The van der Waals surface area contributed by atoms with Gasteiger partial charge in [-0.15, -0.1) is 0 Å². The first kappa shape index (κ1) is 17.8. The number of aryl methyl sites for hydroxylation is 1. The molecule has 3 aromatic rings. The Hall–Kier alpha value is -2.99. The molecule has 0 unspecified atom stereocenters. The fourth-order valence-corrected chi connectivity index (χ4v) is 2.75. The molecule has 0 spiro atoms. The van der Waals surface area contributed by atoms with Gasteiger partial charge in [-0.2, -0.15) is 4.98 Å². The second kappa shape index (κ2) is 7.93. The van der Waals surface area contributed by atoms with Crippen LogP contribution in [0.15, 0.2) is 47.4 Å². The summed E-state index contributed by atoms with van der Waals surface area (Å²) < 4.78 is 5.20. The maximum absolute atomic E-state index is 12.2. The molecule has 2 heterocycles. The number of pyridine rings is 1. The molecule has 6 heteroatoms. The molecule has 0 saturated carbocycles. The maximum Gasteiger partial charge on any atom is 0.258 e. The standard InChI is InChI=1S/C20H21N3O3/c1-3-26-12-18-22-19(24)17(20(25)23-18)11-14-6-8-15(9-7-14)16-5-4-10-21-13(16)2/h4-10H,3,11-12H2,1-2H3,(H2,22,23,24,25). The third-order valence-electron chi connectivity index (χ3n) is 4.14. The van der Waals surface area contributed by atoms with Crippen molar-refractivity contribution in [2.75, 3.05) is 6.61 Å². The zero-order valence-electron chi connectivity index (χ0n) is 14.8. The van der Waals surface area contributed by atoms with Crippen LogP contribution in [0.4, 0.5) is 0 Å². The SMILES string of the molecule is CCOCc1nc(O)c(Cc2ccc(-c3cccnc3C)cc2)c(=O)[nH]1. The number of aromatic amines is 1. The Bertz CT molecular complexity index is 949. The summed E-state index contributed by atoms with van der Waals surface area (Å²) in [6.07, 6.45) is 2.07. The average Bonchev–Trinajstić information content (AvgIpc) is 2.64. The monoisotopic (exact) mass is 351 g/mol. The Morgan fingerprint density at radius 2 is 1.96 bits per heavy atom. The third kappa shape index (κ3) is 3.97. The number of aromatic nitrogens is 3. The minimum Gasteiger partial charge on any atom is -0.493 e. The Kier molecular flexibility index (Phi) is 5.43. The molecule has 0 amide bonds. The maximum atomic E-state index is 12.2. The van der Waals surface area contributed by atoms with Crippen molar-refractivity contribution in [1.29, 1.82) is 0 Å². The van der Waals surface area contributed by atoms with Crippen molar-refractivity contribution < 1.29 is 9.84 Å². The zero-order chi connectivity index (χ0) is 18.5. The summed E-state index contributed by atoms with van der Waals surface area (Å²) in [6, 6.07) is 11.8. The van der Waals surface area contributed by atoms with Gasteiger partial charge in [0.05, 0.1) is 5.56 Å². The van der Waals surface area contributed by atoms with E-state index < -0.39 is 0 Å². The second-order valence-electron chi connectivity index (χ2n) is 5.96. The first-order valence-corrected chi connectivity index (χ1v) is 8.48. The number of benzene rings is 1. The molecular weight excluding hydrogens is 330 g/mol. The van der Waals surface area contributed by atoms with Gasteiger partial charge < -0.3 is 14.8 Å². The van der Waals surface area contributed by atoms with E-state index in [2.05, 4.69) is 15.0 Å². The molecule has 134 valence electrons. The van der Waals surface area contributed by atoms with E-state index in [-0.39, 0.29) is 23.6 Å². The Morgan fingerprint density at radius 3 is 2.62 bits per heavy atom. The lowest BCUT2D eigenvalue weighted by Crippen LogP contribution is -2.17. The van der Waals surface area contributed by atoms with Crippen LogP contribution in [0, 0.1) is 6.92 Å². The summed E-state index contributed by atoms with van der Waals surface area (Å²) in [6.45, 7) is 4.49. The molecular formula is C20H21N3O3. The molecule has 0 fully saturated rings. The minimum absolute atomic E-state index is 0.165. The van der Waals surface area contributed by atoms with Crippen LogP contribution in [-0.2, 0) is 17.8 Å². The largest absolute Gasteiger partial charge is 0.493 e. The Labute approximate surface area is 151 Å². The molecule has 3 rings (SSSR count). The number of aromatic hydroxyl groups is 1. The van der Waals surface area contributed by atoms with Crippen LogP contribution in [0.5, 0.6) is 5.88 Å². The molecule has 0 radical (unpaired) electrons. The summed E-state index contributed by atoms with van der Waals surface area (Å²) in [5, 5.41) is 10.1. The van der Waals surface area contributed by atoms with Gasteiger partial charge in [-0.1, -0.05) is 30.3 Å². The van der Waals surface area contributed by atoms with E-state index in [1.54, 1.807) is 6.20 Å². The summed E-state index contributed by atoms with van der Waals surface area (Å²) in [4.78, 5) is 23.2. The fourth-order valence-electron chi connectivity index (χ4n) is 2.75. The lowest BCUT2D eigenvalue weighted by molar-refractivity contribution is 0.127. The fraction of sp³-hybridized carbons (Fsp3) is 0.250. The molecule has 0 aliphatic carbocycles. The first-order chi connectivity index (χ1) is 12.6. The van der Waals surface area contributed by atoms with Crippen molar-refractivity contribution in [3.63, 3.8) is 0 Å². The first-order valence-electron chi connectivity index (χ1n) is 8.48. The summed E-state index contributed by atoms with van der Waals surface area (Å²) in [5.74, 6) is 0.0659. The highest BCUT2D eigenvalue weighted by Gasteiger charge is 2.12. The molecule has 0 saturated heterocycles. The van der Waals surface area contributed by atoms with Crippen LogP contribution in [0.2, 0.25) is 0 Å². The molecule has 0 bridgehead atoms.